The second-order valence-electron chi connectivity index (χ2n) is 12.8. The molecule has 1 N–H and O–H groups in total. The van der Waals surface area contributed by atoms with Gasteiger partial charge >= 0.3 is 0 Å². The van der Waals surface area contributed by atoms with Crippen molar-refractivity contribution in [2.75, 3.05) is 0 Å². The minimum absolute atomic E-state index is 0.0491. The van der Waals surface area contributed by atoms with Gasteiger partial charge in [-0.1, -0.05) is 64.8 Å². The third kappa shape index (κ3) is 3.28. The van der Waals surface area contributed by atoms with E-state index < -0.39 is 0 Å². The maximum atomic E-state index is 10.3. The fraction of sp³-hybridized carbons (Fsp3) is 0.862. The zero-order chi connectivity index (χ0) is 21.9. The molecule has 7 atom stereocenters. The summed E-state index contributed by atoms with van der Waals surface area (Å²) in [5.41, 5.74) is 6.41. The third-order valence-corrected chi connectivity index (χ3v) is 11.3. The van der Waals surface area contributed by atoms with Gasteiger partial charge in [-0.25, -0.2) is 0 Å². The highest BCUT2D eigenvalue weighted by atomic mass is 16.3. The minimum Gasteiger partial charge on any atom is -0.393 e. The van der Waals surface area contributed by atoms with Crippen molar-refractivity contribution in [2.45, 2.75) is 118 Å². The highest BCUT2D eigenvalue weighted by Crippen LogP contribution is 2.71. The first kappa shape index (κ1) is 22.6. The Morgan fingerprint density at radius 2 is 1.73 bits per heavy atom. The average Bonchev–Trinajstić information content (AvgIpc) is 2.97. The molecular formula is C29H48O. The predicted molar refractivity (Wildman–Crippen MR) is 128 cm³/mol. The maximum Gasteiger partial charge on any atom is 0.0543 e. The quantitative estimate of drug-likeness (QED) is 0.452. The van der Waals surface area contributed by atoms with Gasteiger partial charge in [0.15, 0.2) is 0 Å². The van der Waals surface area contributed by atoms with Crippen LogP contribution in [-0.4, -0.2) is 11.2 Å². The average molecular weight is 413 g/mol. The summed E-state index contributed by atoms with van der Waals surface area (Å²) in [5, 5.41) is 10.3. The van der Waals surface area contributed by atoms with Crippen molar-refractivity contribution in [3.05, 3.63) is 23.3 Å². The van der Waals surface area contributed by atoms with Crippen LogP contribution in [-0.2, 0) is 0 Å². The molecule has 2 fully saturated rings. The molecule has 1 unspecified atom stereocenters. The van der Waals surface area contributed by atoms with E-state index in [4.69, 9.17) is 0 Å². The minimum atomic E-state index is -0.0491. The van der Waals surface area contributed by atoms with Crippen molar-refractivity contribution < 1.29 is 5.11 Å². The number of allylic oxidation sites excluding steroid dienone is 3. The zero-order valence-electron chi connectivity index (χ0n) is 20.8. The second kappa shape index (κ2) is 7.79. The summed E-state index contributed by atoms with van der Waals surface area (Å²) in [6.07, 6.45) is 13.9. The monoisotopic (exact) mass is 412 g/mol. The Morgan fingerprint density at radius 1 is 1.00 bits per heavy atom. The van der Waals surface area contributed by atoms with Gasteiger partial charge < -0.3 is 5.11 Å². The van der Waals surface area contributed by atoms with Crippen LogP contribution in [0, 0.1) is 39.9 Å². The molecule has 0 aromatic heterocycles. The summed E-state index contributed by atoms with van der Waals surface area (Å²) in [7, 11) is 0. The maximum absolute atomic E-state index is 10.3. The van der Waals surface area contributed by atoms with Gasteiger partial charge in [-0.3, -0.25) is 0 Å². The number of aliphatic hydroxyl groups excluding tert-OH is 1. The topological polar surface area (TPSA) is 20.2 Å². The van der Waals surface area contributed by atoms with Crippen LogP contribution < -0.4 is 0 Å². The third-order valence-electron chi connectivity index (χ3n) is 11.3. The SMILES string of the molecule is C=C(CC[C@@H](C)[C@H]1CC[C@@]2(C)C3=C(CC[C@]12C)[C@@]1(C)CC[C@H](O)CC1CC3)C(C)C. The van der Waals surface area contributed by atoms with E-state index in [1.165, 1.54) is 63.4 Å². The molecular weight excluding hydrogens is 364 g/mol. The molecule has 0 amide bonds. The van der Waals surface area contributed by atoms with Gasteiger partial charge in [-0.15, -0.1) is 0 Å². The fourth-order valence-electron chi connectivity index (χ4n) is 8.68. The molecule has 0 saturated heterocycles. The van der Waals surface area contributed by atoms with Gasteiger partial charge in [0.2, 0.25) is 0 Å². The summed E-state index contributed by atoms with van der Waals surface area (Å²) >= 11 is 0. The van der Waals surface area contributed by atoms with Crippen LogP contribution in [0.2, 0.25) is 0 Å². The van der Waals surface area contributed by atoms with Gasteiger partial charge in [-0.05, 0) is 111 Å². The summed E-state index contributed by atoms with van der Waals surface area (Å²) in [6, 6.07) is 0. The van der Waals surface area contributed by atoms with E-state index in [1.54, 1.807) is 0 Å². The molecule has 170 valence electrons. The molecule has 4 aliphatic rings. The largest absolute Gasteiger partial charge is 0.393 e. The summed E-state index contributed by atoms with van der Waals surface area (Å²) in [5.74, 6) is 2.99. The molecule has 0 aromatic carbocycles. The van der Waals surface area contributed by atoms with E-state index >= 15 is 0 Å². The lowest BCUT2D eigenvalue weighted by molar-refractivity contribution is -0.00485. The van der Waals surface area contributed by atoms with E-state index in [0.717, 1.165) is 24.7 Å². The second-order valence-corrected chi connectivity index (χ2v) is 12.8. The van der Waals surface area contributed by atoms with Crippen LogP contribution in [0.4, 0.5) is 0 Å². The molecule has 2 saturated carbocycles. The van der Waals surface area contributed by atoms with Crippen LogP contribution in [0.1, 0.15) is 112 Å². The van der Waals surface area contributed by atoms with Gasteiger partial charge in [0, 0.05) is 0 Å². The Labute approximate surface area is 186 Å². The highest BCUT2D eigenvalue weighted by molar-refractivity contribution is 5.38. The predicted octanol–water partition coefficient (Wildman–Crippen LogP) is 8.09. The Hall–Kier alpha value is -0.560. The Kier molecular flexibility index (Phi) is 5.87. The van der Waals surface area contributed by atoms with Crippen molar-refractivity contribution in [3.8, 4) is 0 Å². The lowest BCUT2D eigenvalue weighted by Crippen LogP contribution is -2.49. The molecule has 0 aromatic rings. The van der Waals surface area contributed by atoms with Gasteiger partial charge in [0.25, 0.3) is 0 Å². The zero-order valence-corrected chi connectivity index (χ0v) is 20.8. The molecule has 0 heterocycles. The standard InChI is InChI=1S/C29H48O/c1-19(2)20(3)8-9-21(4)24-13-16-29(7)26-11-10-22-18-23(30)12-15-27(22,5)25(26)14-17-28(24,29)6/h19,21-24,30H,3,8-18H2,1-2,4-7H3/t21-,22?,23+,24-,27+,28-,29+/m1/s1. The smallest absolute Gasteiger partial charge is 0.0543 e. The number of aliphatic hydroxyl groups is 1. The fourth-order valence-corrected chi connectivity index (χ4v) is 8.68. The van der Waals surface area contributed by atoms with Crippen LogP contribution in [0.5, 0.6) is 0 Å². The molecule has 1 nitrogen and oxygen atoms in total. The summed E-state index contributed by atoms with van der Waals surface area (Å²) < 4.78 is 0. The molecule has 4 aliphatic carbocycles. The van der Waals surface area contributed by atoms with Crippen LogP contribution in [0.25, 0.3) is 0 Å². The van der Waals surface area contributed by atoms with Crippen molar-refractivity contribution in [3.63, 3.8) is 0 Å². The Morgan fingerprint density at radius 3 is 2.43 bits per heavy atom. The van der Waals surface area contributed by atoms with Gasteiger partial charge in [-0.2, -0.15) is 0 Å². The van der Waals surface area contributed by atoms with E-state index in [9.17, 15) is 5.11 Å². The lowest BCUT2D eigenvalue weighted by Gasteiger charge is -2.59. The van der Waals surface area contributed by atoms with E-state index in [-0.39, 0.29) is 6.10 Å². The molecule has 30 heavy (non-hydrogen) atoms. The van der Waals surface area contributed by atoms with E-state index in [1.807, 2.05) is 11.1 Å². The lowest BCUT2D eigenvalue weighted by atomic mass is 9.46. The summed E-state index contributed by atoms with van der Waals surface area (Å²) in [4.78, 5) is 0. The Balaban J connectivity index is 1.59. The van der Waals surface area contributed by atoms with E-state index in [0.29, 0.717) is 28.1 Å². The Bertz CT molecular complexity index is 716. The normalized spacial score (nSPS) is 44.5. The molecule has 0 aliphatic heterocycles. The van der Waals surface area contributed by atoms with Crippen molar-refractivity contribution in [1.82, 2.24) is 0 Å². The molecule has 0 radical (unpaired) electrons. The van der Waals surface area contributed by atoms with Crippen molar-refractivity contribution >= 4 is 0 Å². The van der Waals surface area contributed by atoms with Gasteiger partial charge in [0.05, 0.1) is 6.10 Å². The highest BCUT2D eigenvalue weighted by Gasteiger charge is 2.61. The molecule has 1 heteroatoms. The molecule has 4 rings (SSSR count). The number of rotatable bonds is 5. The van der Waals surface area contributed by atoms with Crippen molar-refractivity contribution in [2.24, 2.45) is 39.9 Å². The summed E-state index contributed by atoms with van der Waals surface area (Å²) in [6.45, 7) is 19.4. The van der Waals surface area contributed by atoms with Crippen LogP contribution >= 0.6 is 0 Å². The molecule has 0 spiro atoms. The first-order valence-electron chi connectivity index (χ1n) is 13.1. The first-order valence-corrected chi connectivity index (χ1v) is 13.1. The van der Waals surface area contributed by atoms with Crippen molar-refractivity contribution in [1.29, 1.82) is 0 Å². The van der Waals surface area contributed by atoms with E-state index in [2.05, 4.69) is 48.1 Å². The first-order chi connectivity index (χ1) is 14.0. The molecule has 0 bridgehead atoms. The van der Waals surface area contributed by atoms with Gasteiger partial charge in [0.1, 0.15) is 0 Å². The van der Waals surface area contributed by atoms with Crippen LogP contribution in [0.15, 0.2) is 23.3 Å². The number of hydrogen-bond donors (Lipinski definition) is 1. The number of fused-ring (bicyclic) bond motifs is 4. The van der Waals surface area contributed by atoms with Crippen LogP contribution in [0.3, 0.4) is 0 Å². The number of hydrogen-bond acceptors (Lipinski definition) is 1.